The monoisotopic (exact) mass is 453 g/mol. The van der Waals surface area contributed by atoms with Gasteiger partial charge in [-0.05, 0) is 50.8 Å². The molecule has 1 heterocycles. The number of anilines is 1. The van der Waals surface area contributed by atoms with Gasteiger partial charge in [0.15, 0.2) is 0 Å². The first-order valence-corrected chi connectivity index (χ1v) is 11.5. The summed E-state index contributed by atoms with van der Waals surface area (Å²) in [6.45, 7) is 2.56. The van der Waals surface area contributed by atoms with E-state index in [0.29, 0.717) is 12.1 Å². The lowest BCUT2D eigenvalue weighted by molar-refractivity contribution is 0.310. The molecular weight excluding hydrogens is 426 g/mol. The number of aryl methyl sites for hydroxylation is 1. The van der Waals surface area contributed by atoms with E-state index in [0.717, 1.165) is 9.87 Å². The first kappa shape index (κ1) is 23.5. The Balaban J connectivity index is 1.82. The smallest absolute Gasteiger partial charge is 0.242 e. The molecule has 168 valence electrons. The zero-order chi connectivity index (χ0) is 23.5. The van der Waals surface area contributed by atoms with Gasteiger partial charge in [-0.2, -0.15) is 10.2 Å². The second-order valence-electron chi connectivity index (χ2n) is 7.89. The molecule has 9 heteroatoms. The predicted molar refractivity (Wildman–Crippen MR) is 124 cm³/mol. The summed E-state index contributed by atoms with van der Waals surface area (Å²) >= 11 is 0. The third-order valence-corrected chi connectivity index (χ3v) is 6.98. The van der Waals surface area contributed by atoms with Gasteiger partial charge in [0.2, 0.25) is 27.5 Å². The van der Waals surface area contributed by atoms with Crippen LogP contribution in [0.1, 0.15) is 22.9 Å². The van der Waals surface area contributed by atoms with Gasteiger partial charge in [-0.25, -0.2) is 12.7 Å². The Labute approximate surface area is 189 Å². The summed E-state index contributed by atoms with van der Waals surface area (Å²) in [5.41, 5.74) is 3.06. The third-order valence-electron chi connectivity index (χ3n) is 5.15. The largest absolute Gasteiger partial charge is 0.419 e. The molecule has 3 rings (SSSR count). The number of aromatic nitrogens is 1. The lowest BCUT2D eigenvalue weighted by atomic mass is 10.0. The number of oxazole rings is 1. The van der Waals surface area contributed by atoms with E-state index in [9.17, 15) is 13.7 Å². The lowest BCUT2D eigenvalue weighted by Crippen LogP contribution is -2.26. The minimum atomic E-state index is -3.53. The van der Waals surface area contributed by atoms with Crippen molar-refractivity contribution in [1.29, 1.82) is 5.26 Å². The van der Waals surface area contributed by atoms with Crippen LogP contribution in [-0.4, -0.2) is 57.3 Å². The van der Waals surface area contributed by atoms with Crippen molar-refractivity contribution in [3.8, 4) is 17.5 Å². The fraction of sp³-hybridized carbons (Fsp3) is 0.304. The number of likely N-dealkylation sites (N-methyl/N-ethyl adjacent to an activating group) is 1. The van der Waals surface area contributed by atoms with Crippen molar-refractivity contribution in [2.45, 2.75) is 17.9 Å². The molecule has 8 nitrogen and oxygen atoms in total. The quantitative estimate of drug-likeness (QED) is 0.557. The molecule has 0 saturated carbocycles. The van der Waals surface area contributed by atoms with Crippen LogP contribution in [0, 0.1) is 18.3 Å². The Bertz CT molecular complexity index is 1210. The molecule has 0 radical (unpaired) electrons. The van der Waals surface area contributed by atoms with Gasteiger partial charge in [0, 0.05) is 26.2 Å². The first-order valence-electron chi connectivity index (χ1n) is 10.0. The van der Waals surface area contributed by atoms with Crippen LogP contribution in [0.3, 0.4) is 0 Å². The van der Waals surface area contributed by atoms with E-state index in [2.05, 4.69) is 45.5 Å². The summed E-state index contributed by atoms with van der Waals surface area (Å²) in [6.07, 6.45) is 0. The van der Waals surface area contributed by atoms with Gasteiger partial charge in [0.1, 0.15) is 6.07 Å². The number of rotatable bonds is 8. The van der Waals surface area contributed by atoms with Crippen LogP contribution in [0.4, 0.5) is 5.88 Å². The molecule has 1 N–H and O–H groups in total. The van der Waals surface area contributed by atoms with Crippen molar-refractivity contribution < 1.29 is 12.8 Å². The summed E-state index contributed by atoms with van der Waals surface area (Å²) in [5, 5.41) is 12.7. The van der Waals surface area contributed by atoms with Gasteiger partial charge in [-0.15, -0.1) is 0 Å². The normalized spacial score (nSPS) is 12.7. The number of nitrogens with one attached hydrogen (secondary N) is 1. The molecule has 2 aromatic carbocycles. The summed E-state index contributed by atoms with van der Waals surface area (Å²) < 4.78 is 31.5. The van der Waals surface area contributed by atoms with E-state index in [1.54, 1.807) is 12.1 Å². The number of nitriles is 1. The molecule has 3 aromatic rings. The van der Waals surface area contributed by atoms with Crippen molar-refractivity contribution in [1.82, 2.24) is 14.2 Å². The van der Waals surface area contributed by atoms with Gasteiger partial charge < -0.3 is 14.6 Å². The van der Waals surface area contributed by atoms with Crippen molar-refractivity contribution in [3.05, 3.63) is 65.4 Å². The second-order valence-corrected chi connectivity index (χ2v) is 10.0. The van der Waals surface area contributed by atoms with Crippen LogP contribution in [0.25, 0.3) is 11.5 Å². The highest BCUT2D eigenvalue weighted by Crippen LogP contribution is 2.28. The zero-order valence-corrected chi connectivity index (χ0v) is 19.6. The number of hydrogen-bond donors (Lipinski definition) is 1. The highest BCUT2D eigenvalue weighted by Gasteiger charge is 2.20. The molecule has 1 aromatic heterocycles. The van der Waals surface area contributed by atoms with Crippen LogP contribution >= 0.6 is 0 Å². The van der Waals surface area contributed by atoms with Gasteiger partial charge in [0.25, 0.3) is 0 Å². The highest BCUT2D eigenvalue weighted by molar-refractivity contribution is 7.89. The van der Waals surface area contributed by atoms with Crippen LogP contribution in [0.5, 0.6) is 0 Å². The SMILES string of the molecule is Cc1ccc(C(CNc2oc(-c3ccc(S(=O)(=O)N(C)C)cc3)nc2C#N)N(C)C)cc1. The van der Waals surface area contributed by atoms with E-state index >= 15 is 0 Å². The van der Waals surface area contributed by atoms with E-state index in [1.807, 2.05) is 21.0 Å². The average molecular weight is 454 g/mol. The highest BCUT2D eigenvalue weighted by atomic mass is 32.2. The zero-order valence-electron chi connectivity index (χ0n) is 18.8. The maximum absolute atomic E-state index is 12.3. The topological polar surface area (TPSA) is 102 Å². The van der Waals surface area contributed by atoms with Crippen LogP contribution < -0.4 is 5.32 Å². The van der Waals surface area contributed by atoms with E-state index < -0.39 is 10.0 Å². The molecule has 1 unspecified atom stereocenters. The number of sulfonamides is 1. The molecule has 0 aliphatic carbocycles. The predicted octanol–water partition coefficient (Wildman–Crippen LogP) is 3.49. The fourth-order valence-corrected chi connectivity index (χ4v) is 4.10. The Kier molecular flexibility index (Phi) is 6.99. The minimum Gasteiger partial charge on any atom is -0.419 e. The molecule has 0 saturated heterocycles. The molecule has 1 atom stereocenters. The van der Waals surface area contributed by atoms with Crippen molar-refractivity contribution in [2.75, 3.05) is 40.1 Å². The molecule has 0 aliphatic heterocycles. The lowest BCUT2D eigenvalue weighted by Gasteiger charge is -2.25. The number of nitrogens with zero attached hydrogens (tertiary/aromatic N) is 4. The molecule has 32 heavy (non-hydrogen) atoms. The molecule has 0 fully saturated rings. The van der Waals surface area contributed by atoms with Crippen molar-refractivity contribution >= 4 is 15.9 Å². The number of benzene rings is 2. The molecule has 0 spiro atoms. The molecule has 0 bridgehead atoms. The van der Waals surface area contributed by atoms with Gasteiger partial charge in [-0.1, -0.05) is 29.8 Å². The minimum absolute atomic E-state index is 0.0613. The maximum atomic E-state index is 12.3. The van der Waals surface area contributed by atoms with Gasteiger partial charge in [0.05, 0.1) is 10.9 Å². The molecule has 0 amide bonds. The van der Waals surface area contributed by atoms with Crippen LogP contribution in [-0.2, 0) is 10.0 Å². The van der Waals surface area contributed by atoms with Crippen molar-refractivity contribution in [3.63, 3.8) is 0 Å². The Morgan fingerprint density at radius 2 is 1.69 bits per heavy atom. The molecular formula is C23H27N5O3S. The van der Waals surface area contributed by atoms with E-state index in [1.165, 1.54) is 31.8 Å². The standard InChI is InChI=1S/C23H27N5O3S/c1-16-6-8-17(9-7-16)21(27(2)3)15-25-23-20(14-24)26-22(31-23)18-10-12-19(13-11-18)32(29,30)28(4)5/h6-13,21,25H,15H2,1-5H3. The molecule has 0 aliphatic rings. The maximum Gasteiger partial charge on any atom is 0.242 e. The van der Waals surface area contributed by atoms with E-state index in [4.69, 9.17) is 4.42 Å². The Morgan fingerprint density at radius 1 is 1.06 bits per heavy atom. The van der Waals surface area contributed by atoms with E-state index in [-0.39, 0.29) is 28.4 Å². The van der Waals surface area contributed by atoms with Crippen LogP contribution in [0.15, 0.2) is 57.8 Å². The van der Waals surface area contributed by atoms with Gasteiger partial charge >= 0.3 is 0 Å². The Hall–Kier alpha value is -3.19. The third kappa shape index (κ3) is 4.99. The number of hydrogen-bond acceptors (Lipinski definition) is 7. The fourth-order valence-electron chi connectivity index (χ4n) is 3.20. The summed E-state index contributed by atoms with van der Waals surface area (Å²) in [7, 11) is 3.42. The average Bonchev–Trinajstić information content (AvgIpc) is 3.18. The summed E-state index contributed by atoms with van der Waals surface area (Å²) in [5.74, 6) is 0.529. The van der Waals surface area contributed by atoms with Crippen molar-refractivity contribution in [2.24, 2.45) is 0 Å². The Morgan fingerprint density at radius 3 is 2.22 bits per heavy atom. The second kappa shape index (κ2) is 9.53. The summed E-state index contributed by atoms with van der Waals surface area (Å²) in [4.78, 5) is 6.53. The first-order chi connectivity index (χ1) is 15.1. The summed E-state index contributed by atoms with van der Waals surface area (Å²) in [6, 6.07) is 16.6. The van der Waals surface area contributed by atoms with Crippen LogP contribution in [0.2, 0.25) is 0 Å². The van der Waals surface area contributed by atoms with Gasteiger partial charge in [-0.3, -0.25) is 0 Å².